The van der Waals surface area contributed by atoms with Gasteiger partial charge in [0, 0.05) is 31.4 Å². The lowest BCUT2D eigenvalue weighted by Crippen LogP contribution is -2.45. The number of pyridine rings is 1. The quantitative estimate of drug-likeness (QED) is 0.937. The second-order valence-corrected chi connectivity index (χ2v) is 5.88. The van der Waals surface area contributed by atoms with E-state index in [9.17, 15) is 4.79 Å². The molecule has 1 amide bonds. The van der Waals surface area contributed by atoms with Crippen LogP contribution in [0.25, 0.3) is 0 Å². The van der Waals surface area contributed by atoms with Gasteiger partial charge < -0.3 is 19.4 Å². The molecule has 3 rings (SSSR count). The van der Waals surface area contributed by atoms with Crippen molar-refractivity contribution in [3.05, 3.63) is 48.0 Å². The summed E-state index contributed by atoms with van der Waals surface area (Å²) in [4.78, 5) is 18.7. The summed E-state index contributed by atoms with van der Waals surface area (Å²) in [5, 5.41) is 2.84. The first-order chi connectivity index (χ1) is 11.1. The van der Waals surface area contributed by atoms with Crippen LogP contribution in [0.5, 0.6) is 0 Å². The molecule has 2 atom stereocenters. The summed E-state index contributed by atoms with van der Waals surface area (Å²) in [5.74, 6) is 0.729. The van der Waals surface area contributed by atoms with Crippen molar-refractivity contribution in [1.29, 1.82) is 0 Å². The second kappa shape index (κ2) is 6.83. The molecule has 0 aliphatic carbocycles. The van der Waals surface area contributed by atoms with Crippen LogP contribution in [0.4, 0.5) is 5.82 Å². The van der Waals surface area contributed by atoms with Gasteiger partial charge in [0.1, 0.15) is 5.82 Å². The van der Waals surface area contributed by atoms with Gasteiger partial charge in [0.15, 0.2) is 0 Å². The molecule has 0 saturated carbocycles. The maximum Gasteiger partial charge on any atom is 0.253 e. The van der Waals surface area contributed by atoms with Crippen LogP contribution in [-0.2, 0) is 11.3 Å². The fourth-order valence-corrected chi connectivity index (χ4v) is 2.75. The molecule has 1 aliphatic heterocycles. The molecule has 122 valence electrons. The predicted octanol–water partition coefficient (Wildman–Crippen LogP) is 2.22. The van der Waals surface area contributed by atoms with Crippen molar-refractivity contribution in [1.82, 2.24) is 10.3 Å². The maximum atomic E-state index is 12.1. The molecule has 2 aromatic heterocycles. The van der Waals surface area contributed by atoms with Crippen molar-refractivity contribution in [3.8, 4) is 0 Å². The fraction of sp³-hybridized carbons (Fsp3) is 0.412. The number of nitrogens with zero attached hydrogens (tertiary/aromatic N) is 2. The third-order valence-electron chi connectivity index (χ3n) is 3.79. The Balaban J connectivity index is 1.61. The molecule has 1 fully saturated rings. The van der Waals surface area contributed by atoms with E-state index in [4.69, 9.17) is 9.15 Å². The third-order valence-corrected chi connectivity index (χ3v) is 3.79. The molecule has 6 heteroatoms. The van der Waals surface area contributed by atoms with Gasteiger partial charge in [-0.2, -0.15) is 0 Å². The van der Waals surface area contributed by atoms with Crippen molar-refractivity contribution < 1.29 is 13.9 Å². The number of carbonyl (C=O) groups is 1. The van der Waals surface area contributed by atoms with Crippen LogP contribution >= 0.6 is 0 Å². The summed E-state index contributed by atoms with van der Waals surface area (Å²) in [6, 6.07) is 5.51. The molecule has 1 aliphatic rings. The van der Waals surface area contributed by atoms with Crippen LogP contribution in [0, 0.1) is 0 Å². The van der Waals surface area contributed by atoms with Gasteiger partial charge in [-0.25, -0.2) is 4.98 Å². The van der Waals surface area contributed by atoms with Gasteiger partial charge in [0.25, 0.3) is 5.91 Å². The average molecular weight is 315 g/mol. The van der Waals surface area contributed by atoms with Gasteiger partial charge in [0.2, 0.25) is 0 Å². The highest BCUT2D eigenvalue weighted by atomic mass is 16.5. The average Bonchev–Trinajstić information content (AvgIpc) is 3.05. The molecular weight excluding hydrogens is 294 g/mol. The Morgan fingerprint density at radius 3 is 2.70 bits per heavy atom. The molecule has 3 heterocycles. The number of nitrogens with one attached hydrogen (secondary N) is 1. The topological polar surface area (TPSA) is 67.6 Å². The zero-order valence-electron chi connectivity index (χ0n) is 13.4. The normalized spacial score (nSPS) is 21.2. The zero-order chi connectivity index (χ0) is 16.2. The minimum atomic E-state index is -0.144. The number of morpholine rings is 1. The van der Waals surface area contributed by atoms with E-state index >= 15 is 0 Å². The number of furan rings is 1. The molecule has 0 spiro atoms. The van der Waals surface area contributed by atoms with E-state index in [2.05, 4.69) is 29.0 Å². The molecule has 0 radical (unpaired) electrons. The molecule has 2 aromatic rings. The molecule has 6 nitrogen and oxygen atoms in total. The maximum absolute atomic E-state index is 12.1. The van der Waals surface area contributed by atoms with Crippen molar-refractivity contribution in [3.63, 3.8) is 0 Å². The highest BCUT2D eigenvalue weighted by Crippen LogP contribution is 2.18. The van der Waals surface area contributed by atoms with Crippen LogP contribution in [0.15, 0.2) is 41.3 Å². The van der Waals surface area contributed by atoms with Gasteiger partial charge in [-0.05, 0) is 32.0 Å². The first-order valence-electron chi connectivity index (χ1n) is 7.77. The number of hydrogen-bond acceptors (Lipinski definition) is 5. The Morgan fingerprint density at radius 2 is 2.09 bits per heavy atom. The van der Waals surface area contributed by atoms with Crippen molar-refractivity contribution in [2.75, 3.05) is 18.0 Å². The van der Waals surface area contributed by atoms with E-state index in [1.165, 1.54) is 0 Å². The van der Waals surface area contributed by atoms with E-state index in [1.54, 1.807) is 24.8 Å². The van der Waals surface area contributed by atoms with E-state index < -0.39 is 0 Å². The Labute approximate surface area is 135 Å². The van der Waals surface area contributed by atoms with Crippen LogP contribution in [0.1, 0.15) is 29.8 Å². The summed E-state index contributed by atoms with van der Waals surface area (Å²) >= 11 is 0. The number of aromatic nitrogens is 1. The highest BCUT2D eigenvalue weighted by Gasteiger charge is 2.23. The number of carbonyl (C=O) groups excluding carboxylic acids is 1. The summed E-state index contributed by atoms with van der Waals surface area (Å²) in [6.45, 7) is 6.17. The van der Waals surface area contributed by atoms with Crippen molar-refractivity contribution in [2.24, 2.45) is 0 Å². The summed E-state index contributed by atoms with van der Waals surface area (Å²) in [7, 11) is 0. The smallest absolute Gasteiger partial charge is 0.253 e. The highest BCUT2D eigenvalue weighted by molar-refractivity contribution is 5.94. The van der Waals surface area contributed by atoms with E-state index in [0.717, 1.165) is 24.5 Å². The monoisotopic (exact) mass is 315 g/mol. The largest absolute Gasteiger partial charge is 0.472 e. The van der Waals surface area contributed by atoms with Gasteiger partial charge in [0.05, 0.1) is 30.3 Å². The lowest BCUT2D eigenvalue weighted by Gasteiger charge is -2.36. The minimum Gasteiger partial charge on any atom is -0.472 e. The van der Waals surface area contributed by atoms with E-state index in [0.29, 0.717) is 12.1 Å². The van der Waals surface area contributed by atoms with Gasteiger partial charge in [-0.15, -0.1) is 0 Å². The standard InChI is InChI=1S/C17H21N3O3/c1-12-9-20(10-13(2)23-12)16-4-3-15(8-18-16)17(21)19-7-14-5-6-22-11-14/h3-6,8,11-13H,7,9-10H2,1-2H3,(H,19,21). The minimum absolute atomic E-state index is 0.144. The second-order valence-electron chi connectivity index (χ2n) is 5.88. The Bertz CT molecular complexity index is 630. The predicted molar refractivity (Wildman–Crippen MR) is 86.3 cm³/mol. The molecule has 1 saturated heterocycles. The molecule has 1 N–H and O–H groups in total. The summed E-state index contributed by atoms with van der Waals surface area (Å²) in [5.41, 5.74) is 1.48. The molecule has 0 bridgehead atoms. The number of ether oxygens (including phenoxy) is 1. The lowest BCUT2D eigenvalue weighted by molar-refractivity contribution is -0.00546. The number of rotatable bonds is 4. The Hall–Kier alpha value is -2.34. The van der Waals surface area contributed by atoms with Gasteiger partial charge in [-0.3, -0.25) is 4.79 Å². The van der Waals surface area contributed by atoms with Crippen LogP contribution in [0.2, 0.25) is 0 Å². The number of hydrogen-bond donors (Lipinski definition) is 1. The molecule has 0 aromatic carbocycles. The first-order valence-corrected chi connectivity index (χ1v) is 7.77. The van der Waals surface area contributed by atoms with Gasteiger partial charge in [-0.1, -0.05) is 0 Å². The summed E-state index contributed by atoms with van der Waals surface area (Å²) < 4.78 is 10.7. The fourth-order valence-electron chi connectivity index (χ4n) is 2.75. The van der Waals surface area contributed by atoms with Crippen LogP contribution in [0.3, 0.4) is 0 Å². The van der Waals surface area contributed by atoms with Gasteiger partial charge >= 0.3 is 0 Å². The SMILES string of the molecule is CC1CN(c2ccc(C(=O)NCc3ccoc3)cn2)CC(C)O1. The van der Waals surface area contributed by atoms with Crippen molar-refractivity contribution >= 4 is 11.7 Å². The zero-order valence-corrected chi connectivity index (χ0v) is 13.4. The first kappa shape index (κ1) is 15.6. The Morgan fingerprint density at radius 1 is 1.30 bits per heavy atom. The molecule has 23 heavy (non-hydrogen) atoms. The third kappa shape index (κ3) is 3.90. The summed E-state index contributed by atoms with van der Waals surface area (Å²) in [6.07, 6.45) is 5.17. The lowest BCUT2D eigenvalue weighted by atomic mass is 10.2. The molecule has 2 unspecified atom stereocenters. The van der Waals surface area contributed by atoms with E-state index in [1.807, 2.05) is 12.1 Å². The van der Waals surface area contributed by atoms with Crippen molar-refractivity contribution in [2.45, 2.75) is 32.6 Å². The number of amides is 1. The van der Waals surface area contributed by atoms with Crippen LogP contribution < -0.4 is 10.2 Å². The Kier molecular flexibility index (Phi) is 4.62. The number of anilines is 1. The molecular formula is C17H21N3O3. The van der Waals surface area contributed by atoms with Crippen LogP contribution in [-0.4, -0.2) is 36.2 Å². The van der Waals surface area contributed by atoms with E-state index in [-0.39, 0.29) is 18.1 Å².